The van der Waals surface area contributed by atoms with Crippen LogP contribution in [0.25, 0.3) is 28.5 Å². The number of aryl methyl sites for hydroxylation is 2. The zero-order valence-corrected chi connectivity index (χ0v) is 17.5. The largest absolute Gasteiger partial charge is 0.497 e. The van der Waals surface area contributed by atoms with E-state index in [-0.39, 0.29) is 0 Å². The van der Waals surface area contributed by atoms with E-state index in [0.29, 0.717) is 5.70 Å². The Kier molecular flexibility index (Phi) is 6.15. The number of hydrogen-bond donors (Lipinski definition) is 2. The van der Waals surface area contributed by atoms with Gasteiger partial charge in [-0.05, 0) is 54.0 Å². The van der Waals surface area contributed by atoms with Crippen molar-refractivity contribution in [3.63, 3.8) is 0 Å². The summed E-state index contributed by atoms with van der Waals surface area (Å²) in [6.45, 7) is 4.52. The molecular weight excluding hydrogens is 386 g/mol. The Labute approximate surface area is 181 Å². The molecule has 2 N–H and O–H groups in total. The highest BCUT2D eigenvalue weighted by molar-refractivity contribution is 5.81. The quantitative estimate of drug-likeness (QED) is 0.299. The Balaban J connectivity index is 1.68. The van der Waals surface area contributed by atoms with Crippen molar-refractivity contribution in [2.45, 2.75) is 13.0 Å². The molecule has 0 aliphatic carbocycles. The summed E-state index contributed by atoms with van der Waals surface area (Å²) in [5.41, 5.74) is 7.85. The number of methoxy groups -OCH3 is 1. The third kappa shape index (κ3) is 4.68. The highest BCUT2D eigenvalue weighted by Gasteiger charge is 2.12. The van der Waals surface area contributed by atoms with Crippen molar-refractivity contribution >= 4 is 17.1 Å². The maximum Gasteiger partial charge on any atom is 0.141 e. The molecule has 0 aliphatic rings. The molecule has 0 amide bonds. The van der Waals surface area contributed by atoms with Crippen molar-refractivity contribution in [1.82, 2.24) is 15.0 Å². The average Bonchev–Trinajstić information content (AvgIpc) is 3.20. The van der Waals surface area contributed by atoms with Crippen LogP contribution in [0.15, 0.2) is 91.1 Å². The molecule has 0 saturated carbocycles. The summed E-state index contributed by atoms with van der Waals surface area (Å²) < 4.78 is 7.54. The monoisotopic (exact) mass is 411 g/mol. The minimum absolute atomic E-state index is 0.428. The van der Waals surface area contributed by atoms with Crippen LogP contribution in [0.4, 0.5) is 0 Å². The van der Waals surface area contributed by atoms with Gasteiger partial charge in [0.1, 0.15) is 11.6 Å². The minimum atomic E-state index is 0.428. The fraction of sp³-hybridized carbons (Fsp3) is 0.115. The zero-order valence-electron chi connectivity index (χ0n) is 17.5. The minimum Gasteiger partial charge on any atom is -0.497 e. The Morgan fingerprint density at radius 1 is 1.10 bits per heavy atom. The van der Waals surface area contributed by atoms with Crippen molar-refractivity contribution in [1.29, 1.82) is 0 Å². The number of hydrogen-bond acceptors (Lipinski definition) is 4. The van der Waals surface area contributed by atoms with Gasteiger partial charge < -0.3 is 9.30 Å². The van der Waals surface area contributed by atoms with Gasteiger partial charge in [0.2, 0.25) is 0 Å². The Morgan fingerprint density at radius 2 is 1.90 bits per heavy atom. The van der Waals surface area contributed by atoms with E-state index in [1.165, 1.54) is 5.56 Å². The first-order valence-corrected chi connectivity index (χ1v) is 10.1. The van der Waals surface area contributed by atoms with E-state index in [1.807, 2.05) is 54.0 Å². The predicted molar refractivity (Wildman–Crippen MR) is 125 cm³/mol. The molecular formula is C26H25N3O2. The molecule has 3 aromatic carbocycles. The van der Waals surface area contributed by atoms with Gasteiger partial charge in [-0.3, -0.25) is 10.7 Å². The first kappa shape index (κ1) is 20.4. The lowest BCUT2D eigenvalue weighted by atomic mass is 10.1. The van der Waals surface area contributed by atoms with Crippen LogP contribution in [-0.2, 0) is 13.0 Å². The molecule has 1 aromatic heterocycles. The van der Waals surface area contributed by atoms with Gasteiger partial charge in [-0.1, -0.05) is 55.1 Å². The van der Waals surface area contributed by atoms with Crippen LogP contribution in [0.1, 0.15) is 11.1 Å². The van der Waals surface area contributed by atoms with Crippen LogP contribution >= 0.6 is 0 Å². The topological polar surface area (TPSA) is 59.3 Å². The molecule has 0 aliphatic heterocycles. The van der Waals surface area contributed by atoms with Crippen LogP contribution in [-0.4, -0.2) is 21.9 Å². The van der Waals surface area contributed by atoms with E-state index in [1.54, 1.807) is 13.2 Å². The smallest absolute Gasteiger partial charge is 0.141 e. The zero-order chi connectivity index (χ0) is 21.6. The fourth-order valence-corrected chi connectivity index (χ4v) is 3.57. The summed E-state index contributed by atoms with van der Waals surface area (Å²) in [7, 11) is 1.68. The summed E-state index contributed by atoms with van der Waals surface area (Å²) in [4.78, 5) is 4.92. The first-order valence-electron chi connectivity index (χ1n) is 10.1. The standard InChI is InChI=1S/C26H25N3O2/c1-19(28-30)10-11-21-6-5-7-22(18-21)26-27-24-8-3-4-9-25(24)29(26)17-16-20-12-14-23(31-2)15-13-20/h3-15,18,28,30H,1,16-17H2,2H3/b11-10+. The Hall–Kier alpha value is -3.83. The number of allylic oxidation sites excluding steroid dienone is 1. The van der Waals surface area contributed by atoms with Gasteiger partial charge in [-0.25, -0.2) is 4.98 Å². The summed E-state index contributed by atoms with van der Waals surface area (Å²) in [6, 6.07) is 24.6. The summed E-state index contributed by atoms with van der Waals surface area (Å²) in [5.74, 6) is 1.80. The van der Waals surface area contributed by atoms with Gasteiger partial charge in [-0.15, -0.1) is 0 Å². The molecule has 5 nitrogen and oxygen atoms in total. The average molecular weight is 412 g/mol. The molecule has 0 fully saturated rings. The normalized spacial score (nSPS) is 11.2. The van der Waals surface area contributed by atoms with Crippen LogP contribution < -0.4 is 10.2 Å². The van der Waals surface area contributed by atoms with Crippen molar-refractivity contribution in [3.8, 4) is 17.1 Å². The van der Waals surface area contributed by atoms with Crippen LogP contribution in [0.5, 0.6) is 5.75 Å². The number of aromatic nitrogens is 2. The van der Waals surface area contributed by atoms with E-state index in [0.717, 1.165) is 46.7 Å². The van der Waals surface area contributed by atoms with Crippen molar-refractivity contribution in [3.05, 3.63) is 102 Å². The van der Waals surface area contributed by atoms with Gasteiger partial charge in [0.05, 0.1) is 23.8 Å². The van der Waals surface area contributed by atoms with E-state index in [2.05, 4.69) is 41.5 Å². The number of nitrogens with zero attached hydrogens (tertiary/aromatic N) is 2. The molecule has 0 bridgehead atoms. The van der Waals surface area contributed by atoms with Crippen LogP contribution in [0.3, 0.4) is 0 Å². The number of hydroxylamine groups is 1. The van der Waals surface area contributed by atoms with Gasteiger partial charge >= 0.3 is 0 Å². The highest BCUT2D eigenvalue weighted by Crippen LogP contribution is 2.26. The Morgan fingerprint density at radius 3 is 2.68 bits per heavy atom. The predicted octanol–water partition coefficient (Wildman–Crippen LogP) is 5.46. The number of para-hydroxylation sites is 2. The lowest BCUT2D eigenvalue weighted by Gasteiger charge is -2.11. The number of fused-ring (bicyclic) bond motifs is 1. The maximum atomic E-state index is 8.92. The molecule has 0 atom stereocenters. The molecule has 0 unspecified atom stereocenters. The second-order valence-electron chi connectivity index (χ2n) is 7.27. The lowest BCUT2D eigenvalue weighted by Crippen LogP contribution is -2.04. The number of rotatable bonds is 8. The number of ether oxygens (including phenoxy) is 1. The van der Waals surface area contributed by atoms with Crippen molar-refractivity contribution in [2.24, 2.45) is 0 Å². The lowest BCUT2D eigenvalue weighted by molar-refractivity contribution is 0.205. The summed E-state index contributed by atoms with van der Waals surface area (Å²) in [5, 5.41) is 8.92. The number of imidazole rings is 1. The molecule has 0 spiro atoms. The van der Waals surface area contributed by atoms with E-state index in [4.69, 9.17) is 14.9 Å². The van der Waals surface area contributed by atoms with Gasteiger partial charge in [0.15, 0.2) is 0 Å². The fourth-order valence-electron chi connectivity index (χ4n) is 3.57. The first-order chi connectivity index (χ1) is 15.2. The number of benzene rings is 3. The van der Waals surface area contributed by atoms with Crippen molar-refractivity contribution in [2.75, 3.05) is 7.11 Å². The molecule has 0 radical (unpaired) electrons. The second kappa shape index (κ2) is 9.32. The second-order valence-corrected chi connectivity index (χ2v) is 7.27. The Bertz CT molecular complexity index is 1220. The van der Waals surface area contributed by atoms with Crippen LogP contribution in [0.2, 0.25) is 0 Å². The van der Waals surface area contributed by atoms with Gasteiger partial charge in [0, 0.05) is 12.1 Å². The third-order valence-corrected chi connectivity index (χ3v) is 5.20. The molecule has 0 saturated heterocycles. The molecule has 1 heterocycles. The molecule has 31 heavy (non-hydrogen) atoms. The van der Waals surface area contributed by atoms with Gasteiger partial charge in [-0.2, -0.15) is 0 Å². The number of nitrogens with one attached hydrogen (secondary N) is 1. The molecule has 4 aromatic rings. The maximum absolute atomic E-state index is 8.92. The van der Waals surface area contributed by atoms with E-state index in [9.17, 15) is 0 Å². The third-order valence-electron chi connectivity index (χ3n) is 5.20. The van der Waals surface area contributed by atoms with Gasteiger partial charge in [0.25, 0.3) is 0 Å². The summed E-state index contributed by atoms with van der Waals surface area (Å²) >= 11 is 0. The van der Waals surface area contributed by atoms with E-state index >= 15 is 0 Å². The summed E-state index contributed by atoms with van der Waals surface area (Å²) in [6.07, 6.45) is 4.52. The molecule has 4 rings (SSSR count). The van der Waals surface area contributed by atoms with Crippen LogP contribution in [0, 0.1) is 0 Å². The van der Waals surface area contributed by atoms with E-state index < -0.39 is 0 Å². The van der Waals surface area contributed by atoms with Crippen molar-refractivity contribution < 1.29 is 9.94 Å². The molecule has 156 valence electrons. The SMILES string of the molecule is C=C(/C=C/c1cccc(-c2nc3ccccc3n2CCc2ccc(OC)cc2)c1)NO. The molecule has 5 heteroatoms. The highest BCUT2D eigenvalue weighted by atomic mass is 16.5.